The molecule has 1 aliphatic heterocycles. The van der Waals surface area contributed by atoms with Crippen LogP contribution in [-0.4, -0.2) is 50.7 Å². The van der Waals surface area contributed by atoms with Crippen LogP contribution < -0.4 is 10.1 Å². The van der Waals surface area contributed by atoms with E-state index in [2.05, 4.69) is 39.2 Å². The third-order valence-electron chi connectivity index (χ3n) is 3.83. The maximum atomic E-state index is 12.3. The molecule has 1 aliphatic rings. The number of anilines is 1. The van der Waals surface area contributed by atoms with E-state index in [0.29, 0.717) is 24.6 Å². The Kier molecular flexibility index (Phi) is 4.59. The molecule has 1 aromatic rings. The van der Waals surface area contributed by atoms with E-state index in [1.807, 2.05) is 13.8 Å². The van der Waals surface area contributed by atoms with E-state index in [-0.39, 0.29) is 18.0 Å². The zero-order valence-electron chi connectivity index (χ0n) is 12.5. The standard InChI is InChI=1S/C13H23N5O2/c1-5-20-13-15-12(16-17-13)14-11(19)10(4)18-8(2)6-7-9(18)3/h8-10H,5-7H2,1-4H3,(H2,14,15,16,17,19). The third-order valence-corrected chi connectivity index (χ3v) is 3.83. The largest absolute Gasteiger partial charge is 0.463 e. The van der Waals surface area contributed by atoms with Crippen LogP contribution in [-0.2, 0) is 4.79 Å². The number of ether oxygens (including phenoxy) is 1. The first-order valence-electron chi connectivity index (χ1n) is 7.16. The van der Waals surface area contributed by atoms with Crippen LogP contribution in [0.4, 0.5) is 5.95 Å². The summed E-state index contributed by atoms with van der Waals surface area (Å²) in [6.07, 6.45) is 2.27. The molecule has 0 spiro atoms. The molecular weight excluding hydrogens is 258 g/mol. The van der Waals surface area contributed by atoms with Gasteiger partial charge in [0.15, 0.2) is 0 Å². The molecule has 3 unspecified atom stereocenters. The molecular formula is C13H23N5O2. The van der Waals surface area contributed by atoms with Gasteiger partial charge >= 0.3 is 6.01 Å². The fourth-order valence-corrected chi connectivity index (χ4v) is 2.83. The second kappa shape index (κ2) is 6.21. The molecule has 1 fully saturated rings. The van der Waals surface area contributed by atoms with E-state index >= 15 is 0 Å². The van der Waals surface area contributed by atoms with Crippen LogP contribution in [0.15, 0.2) is 0 Å². The number of amides is 1. The lowest BCUT2D eigenvalue weighted by atomic mass is 10.2. The number of carbonyl (C=O) groups excluding carboxylic acids is 1. The van der Waals surface area contributed by atoms with Gasteiger partial charge in [-0.3, -0.25) is 15.0 Å². The zero-order valence-corrected chi connectivity index (χ0v) is 12.5. The predicted octanol–water partition coefficient (Wildman–Crippen LogP) is 1.40. The summed E-state index contributed by atoms with van der Waals surface area (Å²) in [6.45, 7) is 8.59. The minimum Gasteiger partial charge on any atom is -0.463 e. The monoisotopic (exact) mass is 281 g/mol. The molecule has 2 rings (SSSR count). The molecule has 1 saturated heterocycles. The summed E-state index contributed by atoms with van der Waals surface area (Å²) in [6, 6.07) is 0.917. The molecule has 0 radical (unpaired) electrons. The Morgan fingerprint density at radius 2 is 2.15 bits per heavy atom. The molecule has 7 heteroatoms. The molecule has 7 nitrogen and oxygen atoms in total. The van der Waals surface area contributed by atoms with Gasteiger partial charge in [0, 0.05) is 12.1 Å². The first kappa shape index (κ1) is 14.8. The molecule has 1 aromatic heterocycles. The van der Waals surface area contributed by atoms with Gasteiger partial charge in [0.25, 0.3) is 0 Å². The number of rotatable bonds is 5. The molecule has 0 aliphatic carbocycles. The summed E-state index contributed by atoms with van der Waals surface area (Å²) >= 11 is 0. The lowest BCUT2D eigenvalue weighted by Crippen LogP contribution is -2.47. The number of hydrogen-bond acceptors (Lipinski definition) is 5. The van der Waals surface area contributed by atoms with Crippen molar-refractivity contribution in [1.82, 2.24) is 20.1 Å². The van der Waals surface area contributed by atoms with Crippen LogP contribution in [0.25, 0.3) is 0 Å². The number of likely N-dealkylation sites (tertiary alicyclic amines) is 1. The van der Waals surface area contributed by atoms with Gasteiger partial charge in [0.1, 0.15) is 0 Å². The van der Waals surface area contributed by atoms with Crippen molar-refractivity contribution in [3.63, 3.8) is 0 Å². The second-order valence-electron chi connectivity index (χ2n) is 5.29. The lowest BCUT2D eigenvalue weighted by Gasteiger charge is -2.31. The highest BCUT2D eigenvalue weighted by molar-refractivity contribution is 5.93. The number of hydrogen-bond donors (Lipinski definition) is 2. The molecule has 3 atom stereocenters. The maximum Gasteiger partial charge on any atom is 0.337 e. The summed E-state index contributed by atoms with van der Waals surface area (Å²) < 4.78 is 5.15. The Morgan fingerprint density at radius 3 is 2.75 bits per heavy atom. The normalized spacial score (nSPS) is 24.6. The van der Waals surface area contributed by atoms with Crippen molar-refractivity contribution in [2.24, 2.45) is 0 Å². The highest BCUT2D eigenvalue weighted by Gasteiger charge is 2.34. The Hall–Kier alpha value is -1.63. The van der Waals surface area contributed by atoms with Gasteiger partial charge in [0.05, 0.1) is 12.6 Å². The lowest BCUT2D eigenvalue weighted by molar-refractivity contribution is -0.121. The Bertz CT molecular complexity index is 451. The number of aromatic nitrogens is 3. The minimum absolute atomic E-state index is 0.0789. The first-order chi connectivity index (χ1) is 9.52. The van der Waals surface area contributed by atoms with Crippen molar-refractivity contribution in [3.05, 3.63) is 0 Å². The molecule has 112 valence electrons. The van der Waals surface area contributed by atoms with E-state index in [1.54, 1.807) is 0 Å². The second-order valence-corrected chi connectivity index (χ2v) is 5.29. The molecule has 0 bridgehead atoms. The Morgan fingerprint density at radius 1 is 1.50 bits per heavy atom. The van der Waals surface area contributed by atoms with Crippen LogP contribution in [0.3, 0.4) is 0 Å². The third kappa shape index (κ3) is 3.09. The van der Waals surface area contributed by atoms with Crippen LogP contribution in [0.1, 0.15) is 40.5 Å². The smallest absolute Gasteiger partial charge is 0.337 e. The van der Waals surface area contributed by atoms with E-state index in [1.165, 1.54) is 0 Å². The topological polar surface area (TPSA) is 83.1 Å². The fraction of sp³-hybridized carbons (Fsp3) is 0.769. The highest BCUT2D eigenvalue weighted by Crippen LogP contribution is 2.26. The molecule has 2 heterocycles. The van der Waals surface area contributed by atoms with Crippen molar-refractivity contribution in [2.75, 3.05) is 11.9 Å². The maximum absolute atomic E-state index is 12.3. The average Bonchev–Trinajstić information content (AvgIpc) is 2.97. The average molecular weight is 281 g/mol. The van der Waals surface area contributed by atoms with Gasteiger partial charge in [0.2, 0.25) is 11.9 Å². The van der Waals surface area contributed by atoms with E-state index in [9.17, 15) is 4.79 Å². The van der Waals surface area contributed by atoms with E-state index in [4.69, 9.17) is 4.74 Å². The quantitative estimate of drug-likeness (QED) is 0.852. The number of H-pyrrole nitrogens is 1. The molecule has 0 aromatic carbocycles. The van der Waals surface area contributed by atoms with Crippen molar-refractivity contribution < 1.29 is 9.53 Å². The van der Waals surface area contributed by atoms with Crippen molar-refractivity contribution in [2.45, 2.75) is 58.7 Å². The van der Waals surface area contributed by atoms with Crippen LogP contribution in [0, 0.1) is 0 Å². The van der Waals surface area contributed by atoms with Crippen molar-refractivity contribution in [1.29, 1.82) is 0 Å². The molecule has 2 N–H and O–H groups in total. The number of nitrogens with zero attached hydrogens (tertiary/aromatic N) is 3. The number of nitrogens with one attached hydrogen (secondary N) is 2. The zero-order chi connectivity index (χ0) is 14.7. The van der Waals surface area contributed by atoms with Crippen LogP contribution >= 0.6 is 0 Å². The van der Waals surface area contributed by atoms with Crippen LogP contribution in [0.2, 0.25) is 0 Å². The van der Waals surface area contributed by atoms with Crippen molar-refractivity contribution >= 4 is 11.9 Å². The summed E-state index contributed by atoms with van der Waals surface area (Å²) in [7, 11) is 0. The van der Waals surface area contributed by atoms with Gasteiger partial charge in [-0.25, -0.2) is 5.10 Å². The van der Waals surface area contributed by atoms with E-state index < -0.39 is 0 Å². The Labute approximate surface area is 119 Å². The van der Waals surface area contributed by atoms with Gasteiger partial charge in [-0.2, -0.15) is 4.98 Å². The van der Waals surface area contributed by atoms with Gasteiger partial charge in [-0.05, 0) is 40.5 Å². The first-order valence-corrected chi connectivity index (χ1v) is 7.16. The van der Waals surface area contributed by atoms with Crippen molar-refractivity contribution in [3.8, 4) is 6.01 Å². The minimum atomic E-state index is -0.192. The summed E-state index contributed by atoms with van der Waals surface area (Å²) in [4.78, 5) is 18.6. The number of carbonyl (C=O) groups is 1. The van der Waals surface area contributed by atoms with E-state index in [0.717, 1.165) is 12.8 Å². The van der Waals surface area contributed by atoms with Gasteiger partial charge in [-0.15, -0.1) is 5.10 Å². The predicted molar refractivity (Wildman–Crippen MR) is 75.6 cm³/mol. The molecule has 1 amide bonds. The highest BCUT2D eigenvalue weighted by atomic mass is 16.5. The fourth-order valence-electron chi connectivity index (χ4n) is 2.83. The number of aromatic amines is 1. The van der Waals surface area contributed by atoms with Crippen LogP contribution in [0.5, 0.6) is 6.01 Å². The van der Waals surface area contributed by atoms with Gasteiger partial charge < -0.3 is 4.74 Å². The summed E-state index contributed by atoms with van der Waals surface area (Å²) in [5, 5.41) is 9.26. The molecule has 0 saturated carbocycles. The summed E-state index contributed by atoms with van der Waals surface area (Å²) in [5.41, 5.74) is 0. The molecule has 20 heavy (non-hydrogen) atoms. The summed E-state index contributed by atoms with van der Waals surface area (Å²) in [5.74, 6) is 0.245. The van der Waals surface area contributed by atoms with Gasteiger partial charge in [-0.1, -0.05) is 0 Å². The Balaban J connectivity index is 1.96. The SMILES string of the molecule is CCOc1n[nH]c(NC(=O)C(C)N2C(C)CCC2C)n1.